The molecular formula is C32H28N2O5. The van der Waals surface area contributed by atoms with E-state index < -0.39 is 12.3 Å². The highest BCUT2D eigenvalue weighted by Crippen LogP contribution is 2.44. The zero-order valence-electron chi connectivity index (χ0n) is 21.4. The molecule has 0 fully saturated rings. The van der Waals surface area contributed by atoms with E-state index in [1.165, 1.54) is 6.92 Å². The molecule has 2 N–H and O–H groups in total. The van der Waals surface area contributed by atoms with Gasteiger partial charge in [-0.1, -0.05) is 84.9 Å². The molecule has 1 aliphatic rings. The van der Waals surface area contributed by atoms with Crippen molar-refractivity contribution in [3.8, 4) is 22.3 Å². The van der Waals surface area contributed by atoms with E-state index in [2.05, 4.69) is 34.9 Å². The van der Waals surface area contributed by atoms with Crippen LogP contribution in [-0.2, 0) is 25.5 Å². The Balaban J connectivity index is 1.19. The van der Waals surface area contributed by atoms with Gasteiger partial charge in [-0.15, -0.1) is 0 Å². The average Bonchev–Trinajstić information content (AvgIpc) is 3.26. The lowest BCUT2D eigenvalue weighted by Crippen LogP contribution is -2.39. The van der Waals surface area contributed by atoms with Gasteiger partial charge < -0.3 is 14.8 Å². The molecule has 0 aromatic heterocycles. The Kier molecular flexibility index (Phi) is 7.68. The van der Waals surface area contributed by atoms with Gasteiger partial charge in [0.2, 0.25) is 5.91 Å². The molecule has 5 rings (SSSR count). The predicted molar refractivity (Wildman–Crippen MR) is 149 cm³/mol. The lowest BCUT2D eigenvalue weighted by Gasteiger charge is -2.19. The van der Waals surface area contributed by atoms with Crippen molar-refractivity contribution in [3.63, 3.8) is 0 Å². The quantitative estimate of drug-likeness (QED) is 0.212. The van der Waals surface area contributed by atoms with Crippen molar-refractivity contribution in [2.45, 2.75) is 25.5 Å². The lowest BCUT2D eigenvalue weighted by molar-refractivity contribution is -0.134. The maximum Gasteiger partial charge on any atom is 0.410 e. The largest absolute Gasteiger partial charge is 0.448 e. The van der Waals surface area contributed by atoms with Gasteiger partial charge in [0, 0.05) is 24.9 Å². The average molecular weight is 521 g/mol. The highest BCUT2D eigenvalue weighted by atomic mass is 16.6. The first kappa shape index (κ1) is 25.7. The smallest absolute Gasteiger partial charge is 0.410 e. The first-order valence-electron chi connectivity index (χ1n) is 12.7. The molecule has 1 atom stereocenters. The standard InChI is InChI=1S/C32H28N2O5/c1-21(36)33-25-16-14-24(15-17-25)23-12-10-22(11-13-23)18-31(39-20-35)34-32(37)38-19-30-28-8-4-2-6-26(28)27-7-3-5-9-29(27)30/h2-17,20,30-31H,18-19H2,1H3,(H,33,36)(H,34,37)/t31-/m0/s1. The number of benzene rings is 4. The molecule has 0 saturated carbocycles. The van der Waals surface area contributed by atoms with E-state index >= 15 is 0 Å². The van der Waals surface area contributed by atoms with Crippen LogP contribution in [0.3, 0.4) is 0 Å². The minimum atomic E-state index is -0.874. The second-order valence-electron chi connectivity index (χ2n) is 9.35. The van der Waals surface area contributed by atoms with Gasteiger partial charge in [-0.2, -0.15) is 0 Å². The van der Waals surface area contributed by atoms with E-state index in [9.17, 15) is 14.4 Å². The van der Waals surface area contributed by atoms with Crippen molar-refractivity contribution >= 4 is 24.2 Å². The van der Waals surface area contributed by atoms with Gasteiger partial charge in [0.05, 0.1) is 0 Å². The lowest BCUT2D eigenvalue weighted by atomic mass is 9.98. The number of amides is 2. The summed E-state index contributed by atoms with van der Waals surface area (Å²) >= 11 is 0. The number of hydrogen-bond acceptors (Lipinski definition) is 5. The van der Waals surface area contributed by atoms with Gasteiger partial charge >= 0.3 is 6.09 Å². The van der Waals surface area contributed by atoms with E-state index in [1.54, 1.807) is 0 Å². The summed E-state index contributed by atoms with van der Waals surface area (Å²) in [6.07, 6.45) is -1.24. The molecule has 0 saturated heterocycles. The number of carbonyl (C=O) groups excluding carboxylic acids is 3. The maximum atomic E-state index is 12.7. The molecule has 0 spiro atoms. The van der Waals surface area contributed by atoms with Crippen LogP contribution in [0.25, 0.3) is 22.3 Å². The third kappa shape index (κ3) is 5.99. The van der Waals surface area contributed by atoms with Gasteiger partial charge in [-0.3, -0.25) is 14.9 Å². The molecule has 7 nitrogen and oxygen atoms in total. The highest BCUT2D eigenvalue weighted by molar-refractivity contribution is 5.89. The van der Waals surface area contributed by atoms with Crippen molar-refractivity contribution in [1.29, 1.82) is 0 Å². The van der Waals surface area contributed by atoms with Crippen LogP contribution in [0, 0.1) is 0 Å². The van der Waals surface area contributed by atoms with Gasteiger partial charge in [0.15, 0.2) is 6.23 Å². The summed E-state index contributed by atoms with van der Waals surface area (Å²) in [7, 11) is 0. The van der Waals surface area contributed by atoms with Crippen LogP contribution in [0.1, 0.15) is 29.5 Å². The minimum Gasteiger partial charge on any atom is -0.448 e. The third-order valence-corrected chi connectivity index (χ3v) is 6.76. The Hall–Kier alpha value is -4.91. The number of hydrogen-bond donors (Lipinski definition) is 2. The summed E-state index contributed by atoms with van der Waals surface area (Å²) in [5, 5.41) is 5.41. The number of anilines is 1. The summed E-state index contributed by atoms with van der Waals surface area (Å²) in [4.78, 5) is 35.0. The fourth-order valence-corrected chi connectivity index (χ4v) is 4.97. The first-order valence-corrected chi connectivity index (χ1v) is 12.7. The Morgan fingerprint density at radius 2 is 1.38 bits per heavy atom. The van der Waals surface area contributed by atoms with Gasteiger partial charge in [-0.05, 0) is 51.1 Å². The fourth-order valence-electron chi connectivity index (χ4n) is 4.97. The SMILES string of the molecule is CC(=O)Nc1ccc(-c2ccc(C[C@@H](NC(=O)OCC3c4ccccc4-c4ccccc43)OC=O)cc2)cc1. The zero-order chi connectivity index (χ0) is 27.2. The molecule has 0 bridgehead atoms. The van der Waals surface area contributed by atoms with E-state index in [0.717, 1.165) is 44.6 Å². The summed E-state index contributed by atoms with van der Waals surface area (Å²) in [6, 6.07) is 31.5. The first-order chi connectivity index (χ1) is 19.0. The van der Waals surface area contributed by atoms with Gasteiger partial charge in [0.25, 0.3) is 6.47 Å². The number of nitrogens with one attached hydrogen (secondary N) is 2. The van der Waals surface area contributed by atoms with Crippen molar-refractivity contribution in [2.75, 3.05) is 11.9 Å². The normalized spacial score (nSPS) is 12.5. The van der Waals surface area contributed by atoms with Crippen LogP contribution in [0.2, 0.25) is 0 Å². The molecule has 0 aliphatic heterocycles. The monoisotopic (exact) mass is 520 g/mol. The van der Waals surface area contributed by atoms with E-state index in [1.807, 2.05) is 72.8 Å². The molecule has 39 heavy (non-hydrogen) atoms. The van der Waals surface area contributed by atoms with Gasteiger partial charge in [0.1, 0.15) is 6.61 Å². The maximum absolute atomic E-state index is 12.7. The van der Waals surface area contributed by atoms with Crippen LogP contribution in [0.4, 0.5) is 10.5 Å². The second kappa shape index (κ2) is 11.6. The predicted octanol–water partition coefficient (Wildman–Crippen LogP) is 5.89. The van der Waals surface area contributed by atoms with E-state index in [-0.39, 0.29) is 24.9 Å². The minimum absolute atomic E-state index is 0.0616. The summed E-state index contributed by atoms with van der Waals surface area (Å²) in [5.41, 5.74) is 8.14. The van der Waals surface area contributed by atoms with Crippen LogP contribution in [0.15, 0.2) is 97.1 Å². The van der Waals surface area contributed by atoms with E-state index in [4.69, 9.17) is 9.47 Å². The topological polar surface area (TPSA) is 93.7 Å². The molecule has 4 aromatic carbocycles. The molecular weight excluding hydrogens is 492 g/mol. The number of rotatable bonds is 9. The molecule has 2 amide bonds. The molecule has 0 heterocycles. The second-order valence-corrected chi connectivity index (χ2v) is 9.35. The van der Waals surface area contributed by atoms with Crippen molar-refractivity contribution in [1.82, 2.24) is 5.32 Å². The fraction of sp³-hybridized carbons (Fsp3) is 0.156. The van der Waals surface area contributed by atoms with Crippen molar-refractivity contribution in [2.24, 2.45) is 0 Å². The summed E-state index contributed by atoms with van der Waals surface area (Å²) < 4.78 is 10.7. The molecule has 196 valence electrons. The summed E-state index contributed by atoms with van der Waals surface area (Å²) in [6.45, 7) is 1.96. The molecule has 7 heteroatoms. The van der Waals surface area contributed by atoms with Crippen LogP contribution in [0.5, 0.6) is 0 Å². The Labute approximate surface area is 226 Å². The number of carbonyl (C=O) groups is 3. The number of alkyl carbamates (subject to hydrolysis) is 1. The van der Waals surface area contributed by atoms with Gasteiger partial charge in [-0.25, -0.2) is 4.79 Å². The highest BCUT2D eigenvalue weighted by Gasteiger charge is 2.29. The number of ether oxygens (including phenoxy) is 2. The van der Waals surface area contributed by atoms with Crippen LogP contribution >= 0.6 is 0 Å². The van der Waals surface area contributed by atoms with Crippen LogP contribution in [-0.4, -0.2) is 31.3 Å². The zero-order valence-corrected chi connectivity index (χ0v) is 21.4. The third-order valence-electron chi connectivity index (χ3n) is 6.76. The number of fused-ring (bicyclic) bond motifs is 3. The molecule has 0 unspecified atom stereocenters. The van der Waals surface area contributed by atoms with Crippen molar-refractivity contribution in [3.05, 3.63) is 114 Å². The molecule has 4 aromatic rings. The van der Waals surface area contributed by atoms with Crippen LogP contribution < -0.4 is 10.6 Å². The molecule has 1 aliphatic carbocycles. The summed E-state index contributed by atoms with van der Waals surface area (Å²) in [5.74, 6) is -0.181. The van der Waals surface area contributed by atoms with E-state index in [0.29, 0.717) is 6.47 Å². The Morgan fingerprint density at radius 3 is 1.95 bits per heavy atom. The Bertz CT molecular complexity index is 1440. The molecule has 0 radical (unpaired) electrons. The van der Waals surface area contributed by atoms with Crippen molar-refractivity contribution < 1.29 is 23.9 Å². The Morgan fingerprint density at radius 1 is 0.821 bits per heavy atom.